The Morgan fingerprint density at radius 2 is 2.08 bits per heavy atom. The Labute approximate surface area is 72.9 Å². The van der Waals surface area contributed by atoms with Gasteiger partial charge in [0.05, 0.1) is 0 Å². The van der Waals surface area contributed by atoms with Gasteiger partial charge in [-0.15, -0.1) is 0 Å². The Hall–Kier alpha value is -0.570. The van der Waals surface area contributed by atoms with Crippen LogP contribution in [0.15, 0.2) is 0 Å². The zero-order chi connectivity index (χ0) is 8.97. The summed E-state index contributed by atoms with van der Waals surface area (Å²) in [6.07, 6.45) is 6.80. The number of nitrogens with two attached hydrogens (primary N) is 1. The lowest BCUT2D eigenvalue weighted by Gasteiger charge is -2.10. The lowest BCUT2D eigenvalue weighted by atomic mass is 9.99. The van der Waals surface area contributed by atoms with Gasteiger partial charge in [0.15, 0.2) is 0 Å². The lowest BCUT2D eigenvalue weighted by molar-refractivity contribution is -0.138. The van der Waals surface area contributed by atoms with Crippen molar-refractivity contribution in [3.63, 3.8) is 0 Å². The quantitative estimate of drug-likeness (QED) is 0.671. The van der Waals surface area contributed by atoms with Crippen molar-refractivity contribution in [3.8, 4) is 0 Å². The van der Waals surface area contributed by atoms with Gasteiger partial charge in [0, 0.05) is 0 Å². The van der Waals surface area contributed by atoms with Crippen LogP contribution in [0.2, 0.25) is 0 Å². The first-order chi connectivity index (χ1) is 5.70. The molecule has 0 radical (unpaired) electrons. The van der Waals surface area contributed by atoms with E-state index in [0.29, 0.717) is 6.42 Å². The van der Waals surface area contributed by atoms with Gasteiger partial charge in [-0.05, 0) is 18.8 Å². The van der Waals surface area contributed by atoms with Crippen LogP contribution in [-0.2, 0) is 4.79 Å². The third-order valence-corrected chi connectivity index (χ3v) is 2.68. The Morgan fingerprint density at radius 1 is 1.50 bits per heavy atom. The molecule has 1 aliphatic rings. The van der Waals surface area contributed by atoms with Crippen molar-refractivity contribution in [2.45, 2.75) is 44.6 Å². The highest BCUT2D eigenvalue weighted by molar-refractivity contribution is 5.72. The van der Waals surface area contributed by atoms with E-state index in [-0.39, 0.29) is 0 Å². The SMILES string of the molecule is NC(CCC1CCCC1)C(=O)O. The molecule has 0 aliphatic heterocycles. The summed E-state index contributed by atoms with van der Waals surface area (Å²) in [6.45, 7) is 0. The van der Waals surface area contributed by atoms with Crippen LogP contribution in [0.1, 0.15) is 38.5 Å². The summed E-state index contributed by atoms with van der Waals surface area (Å²) in [5.74, 6) is -0.122. The summed E-state index contributed by atoms with van der Waals surface area (Å²) >= 11 is 0. The summed E-state index contributed by atoms with van der Waals surface area (Å²) in [5, 5.41) is 8.53. The molecule has 0 aromatic carbocycles. The van der Waals surface area contributed by atoms with E-state index < -0.39 is 12.0 Å². The summed E-state index contributed by atoms with van der Waals surface area (Å²) in [5.41, 5.74) is 5.40. The molecule has 0 aromatic heterocycles. The number of carboxylic acid groups (broad SMARTS) is 1. The van der Waals surface area contributed by atoms with E-state index in [0.717, 1.165) is 12.3 Å². The third kappa shape index (κ3) is 2.81. The molecule has 1 saturated carbocycles. The zero-order valence-corrected chi connectivity index (χ0v) is 7.33. The minimum Gasteiger partial charge on any atom is -0.480 e. The monoisotopic (exact) mass is 171 g/mol. The van der Waals surface area contributed by atoms with E-state index in [4.69, 9.17) is 10.8 Å². The number of carbonyl (C=O) groups is 1. The maximum atomic E-state index is 10.4. The van der Waals surface area contributed by atoms with Crippen LogP contribution in [-0.4, -0.2) is 17.1 Å². The average molecular weight is 171 g/mol. The first-order valence-corrected chi connectivity index (χ1v) is 4.68. The number of carboxylic acids is 1. The molecule has 12 heavy (non-hydrogen) atoms. The maximum absolute atomic E-state index is 10.4. The van der Waals surface area contributed by atoms with Crippen LogP contribution < -0.4 is 5.73 Å². The molecule has 1 unspecified atom stereocenters. The van der Waals surface area contributed by atoms with E-state index in [1.54, 1.807) is 0 Å². The summed E-state index contributed by atoms with van der Waals surface area (Å²) in [4.78, 5) is 10.4. The van der Waals surface area contributed by atoms with Gasteiger partial charge < -0.3 is 10.8 Å². The Morgan fingerprint density at radius 3 is 2.58 bits per heavy atom. The predicted molar refractivity (Wildman–Crippen MR) is 46.8 cm³/mol. The normalized spacial score (nSPS) is 21.1. The van der Waals surface area contributed by atoms with Crippen molar-refractivity contribution in [1.82, 2.24) is 0 Å². The lowest BCUT2D eigenvalue weighted by Crippen LogP contribution is -2.30. The fraction of sp³-hybridized carbons (Fsp3) is 0.889. The van der Waals surface area contributed by atoms with Gasteiger partial charge in [-0.1, -0.05) is 25.7 Å². The molecule has 0 amide bonds. The van der Waals surface area contributed by atoms with Gasteiger partial charge in [0.1, 0.15) is 6.04 Å². The van der Waals surface area contributed by atoms with Crippen molar-refractivity contribution in [3.05, 3.63) is 0 Å². The number of aliphatic carboxylic acids is 1. The Kier molecular flexibility index (Phi) is 3.53. The minimum absolute atomic E-state index is 0.639. The van der Waals surface area contributed by atoms with Crippen molar-refractivity contribution in [1.29, 1.82) is 0 Å². The first-order valence-electron chi connectivity index (χ1n) is 4.68. The van der Waals surface area contributed by atoms with Crippen LogP contribution in [0, 0.1) is 5.92 Å². The topological polar surface area (TPSA) is 63.3 Å². The second kappa shape index (κ2) is 4.45. The van der Waals surface area contributed by atoms with Crippen LogP contribution in [0.4, 0.5) is 0 Å². The molecule has 0 heterocycles. The predicted octanol–water partition coefficient (Wildman–Crippen LogP) is 1.37. The summed E-state index contributed by atoms with van der Waals surface area (Å²) in [6, 6.07) is -0.648. The first kappa shape index (κ1) is 9.52. The largest absolute Gasteiger partial charge is 0.480 e. The van der Waals surface area contributed by atoms with Crippen LogP contribution in [0.25, 0.3) is 0 Å². The fourth-order valence-corrected chi connectivity index (χ4v) is 1.84. The third-order valence-electron chi connectivity index (χ3n) is 2.68. The molecule has 3 nitrogen and oxygen atoms in total. The Balaban J connectivity index is 2.11. The van der Waals surface area contributed by atoms with E-state index >= 15 is 0 Å². The fourth-order valence-electron chi connectivity index (χ4n) is 1.84. The van der Waals surface area contributed by atoms with Crippen molar-refractivity contribution in [2.24, 2.45) is 11.7 Å². The highest BCUT2D eigenvalue weighted by Gasteiger charge is 2.18. The van der Waals surface area contributed by atoms with E-state index in [9.17, 15) is 4.79 Å². The van der Waals surface area contributed by atoms with E-state index in [1.165, 1.54) is 25.7 Å². The molecule has 1 aliphatic carbocycles. The maximum Gasteiger partial charge on any atom is 0.320 e. The standard InChI is InChI=1S/C9H17NO2/c10-8(9(11)12)6-5-7-3-1-2-4-7/h7-8H,1-6,10H2,(H,11,12). The molecule has 3 N–H and O–H groups in total. The molecule has 0 saturated heterocycles. The van der Waals surface area contributed by atoms with Gasteiger partial charge in [-0.3, -0.25) is 4.79 Å². The second-order valence-electron chi connectivity index (χ2n) is 3.67. The summed E-state index contributed by atoms with van der Waals surface area (Å²) in [7, 11) is 0. The molecule has 1 rings (SSSR count). The van der Waals surface area contributed by atoms with Crippen LogP contribution >= 0.6 is 0 Å². The second-order valence-corrected chi connectivity index (χ2v) is 3.67. The van der Waals surface area contributed by atoms with Gasteiger partial charge >= 0.3 is 5.97 Å². The highest BCUT2D eigenvalue weighted by atomic mass is 16.4. The Bertz CT molecular complexity index is 153. The van der Waals surface area contributed by atoms with Crippen molar-refractivity contribution >= 4 is 5.97 Å². The minimum atomic E-state index is -0.868. The van der Waals surface area contributed by atoms with Crippen LogP contribution in [0.3, 0.4) is 0 Å². The van der Waals surface area contributed by atoms with Gasteiger partial charge in [-0.25, -0.2) is 0 Å². The zero-order valence-electron chi connectivity index (χ0n) is 7.33. The molecular formula is C9H17NO2. The number of hydrogen-bond donors (Lipinski definition) is 2. The van der Waals surface area contributed by atoms with Gasteiger partial charge in [-0.2, -0.15) is 0 Å². The van der Waals surface area contributed by atoms with Gasteiger partial charge in [0.2, 0.25) is 0 Å². The molecule has 0 spiro atoms. The number of rotatable bonds is 4. The van der Waals surface area contributed by atoms with Crippen molar-refractivity contribution < 1.29 is 9.90 Å². The molecule has 0 bridgehead atoms. The average Bonchev–Trinajstić information content (AvgIpc) is 2.51. The molecule has 1 atom stereocenters. The van der Waals surface area contributed by atoms with Gasteiger partial charge in [0.25, 0.3) is 0 Å². The van der Waals surface area contributed by atoms with E-state index in [1.807, 2.05) is 0 Å². The number of hydrogen-bond acceptors (Lipinski definition) is 2. The highest BCUT2D eigenvalue weighted by Crippen LogP contribution is 2.28. The molecular weight excluding hydrogens is 154 g/mol. The molecule has 0 aromatic rings. The van der Waals surface area contributed by atoms with E-state index in [2.05, 4.69) is 0 Å². The van der Waals surface area contributed by atoms with Crippen molar-refractivity contribution in [2.75, 3.05) is 0 Å². The van der Waals surface area contributed by atoms with Crippen LogP contribution in [0.5, 0.6) is 0 Å². The molecule has 70 valence electrons. The molecule has 3 heteroatoms. The smallest absolute Gasteiger partial charge is 0.320 e. The summed E-state index contributed by atoms with van der Waals surface area (Å²) < 4.78 is 0. The molecule has 1 fully saturated rings.